The average Bonchev–Trinajstić information content (AvgIpc) is 2.63. The fourth-order valence-corrected chi connectivity index (χ4v) is 2.81. The van der Waals surface area contributed by atoms with E-state index in [1.54, 1.807) is 42.5 Å². The lowest BCUT2D eigenvalue weighted by Gasteiger charge is -2.17. The smallest absolute Gasteiger partial charge is 0.142 e. The summed E-state index contributed by atoms with van der Waals surface area (Å²) < 4.78 is 13.1. The van der Waals surface area contributed by atoms with Crippen LogP contribution in [0, 0.1) is 17.1 Å². The molecule has 1 atom stereocenters. The van der Waals surface area contributed by atoms with E-state index in [0.29, 0.717) is 23.2 Å². The molecule has 130 valence electrons. The highest BCUT2D eigenvalue weighted by atomic mass is 19.1. The SMILES string of the molecule is N#Cc1c([C@@H](N)Cc2ccc(F)cc2)cc(-c2ccccc2O)nc1N. The van der Waals surface area contributed by atoms with Gasteiger partial charge in [0.15, 0.2) is 0 Å². The number of pyridine rings is 1. The molecule has 0 amide bonds. The summed E-state index contributed by atoms with van der Waals surface area (Å²) in [6, 6.07) is 15.9. The van der Waals surface area contributed by atoms with Crippen molar-refractivity contribution >= 4 is 5.82 Å². The number of phenolic OH excluding ortho intramolecular Hbond substituents is 1. The number of nitrogen functional groups attached to an aromatic ring is 1. The van der Waals surface area contributed by atoms with E-state index in [1.165, 1.54) is 12.1 Å². The van der Waals surface area contributed by atoms with Gasteiger partial charge in [-0.05, 0) is 47.9 Å². The van der Waals surface area contributed by atoms with Gasteiger partial charge in [0.05, 0.1) is 11.3 Å². The van der Waals surface area contributed by atoms with Crippen LogP contribution >= 0.6 is 0 Å². The summed E-state index contributed by atoms with van der Waals surface area (Å²) in [4.78, 5) is 4.23. The first-order chi connectivity index (χ1) is 12.5. The first-order valence-electron chi connectivity index (χ1n) is 7.98. The van der Waals surface area contributed by atoms with E-state index in [4.69, 9.17) is 11.5 Å². The van der Waals surface area contributed by atoms with Crippen LogP contribution in [0.25, 0.3) is 11.3 Å². The molecule has 1 heterocycles. The molecule has 0 saturated heterocycles. The fourth-order valence-electron chi connectivity index (χ4n) is 2.81. The van der Waals surface area contributed by atoms with E-state index in [9.17, 15) is 14.8 Å². The molecule has 2 aromatic carbocycles. The molecule has 0 unspecified atom stereocenters. The Morgan fingerprint density at radius 3 is 2.50 bits per heavy atom. The van der Waals surface area contributed by atoms with Crippen molar-refractivity contribution in [3.63, 3.8) is 0 Å². The standard InChI is InChI=1S/C20H17FN4O/c21-13-7-5-12(6-8-13)9-17(23)15-10-18(25-20(24)16(15)11-22)14-3-1-2-4-19(14)26/h1-8,10,17,26H,9,23H2,(H2,24,25)/t17-/m0/s1. The second-order valence-corrected chi connectivity index (χ2v) is 5.92. The molecule has 5 nitrogen and oxygen atoms in total. The molecule has 26 heavy (non-hydrogen) atoms. The second-order valence-electron chi connectivity index (χ2n) is 5.92. The van der Waals surface area contributed by atoms with E-state index in [-0.39, 0.29) is 22.9 Å². The maximum absolute atomic E-state index is 13.1. The predicted octanol–water partition coefficient (Wildman–Crippen LogP) is 3.29. The van der Waals surface area contributed by atoms with Crippen LogP contribution in [0.1, 0.15) is 22.7 Å². The zero-order valence-electron chi connectivity index (χ0n) is 13.9. The number of nitrogens with two attached hydrogens (primary N) is 2. The molecular weight excluding hydrogens is 331 g/mol. The maximum Gasteiger partial charge on any atom is 0.142 e. The molecule has 1 aromatic heterocycles. The van der Waals surface area contributed by atoms with Crippen molar-refractivity contribution < 1.29 is 9.50 Å². The Balaban J connectivity index is 2.03. The highest BCUT2D eigenvalue weighted by Crippen LogP contribution is 2.32. The number of hydrogen-bond acceptors (Lipinski definition) is 5. The number of hydrogen-bond donors (Lipinski definition) is 3. The van der Waals surface area contributed by atoms with Crippen LogP contribution in [0.4, 0.5) is 10.2 Å². The Bertz CT molecular complexity index is 980. The van der Waals surface area contributed by atoms with Crippen molar-refractivity contribution in [1.82, 2.24) is 4.98 Å². The minimum Gasteiger partial charge on any atom is -0.507 e. The number of halogens is 1. The first kappa shape index (κ1) is 17.4. The molecule has 0 saturated carbocycles. The Morgan fingerprint density at radius 2 is 1.85 bits per heavy atom. The van der Waals surface area contributed by atoms with Gasteiger partial charge < -0.3 is 16.6 Å². The van der Waals surface area contributed by atoms with Crippen LogP contribution in [0.15, 0.2) is 54.6 Å². The van der Waals surface area contributed by atoms with Gasteiger partial charge >= 0.3 is 0 Å². The molecule has 6 heteroatoms. The summed E-state index contributed by atoms with van der Waals surface area (Å²) in [5, 5.41) is 19.5. The average molecular weight is 348 g/mol. The molecular formula is C20H17FN4O. The van der Waals surface area contributed by atoms with E-state index >= 15 is 0 Å². The largest absolute Gasteiger partial charge is 0.507 e. The lowest BCUT2D eigenvalue weighted by atomic mass is 9.94. The molecule has 5 N–H and O–H groups in total. The van der Waals surface area contributed by atoms with Gasteiger partial charge in [-0.2, -0.15) is 5.26 Å². The third-order valence-corrected chi connectivity index (χ3v) is 4.14. The normalized spacial score (nSPS) is 11.7. The number of phenols is 1. The van der Waals surface area contributed by atoms with Crippen molar-refractivity contribution in [1.29, 1.82) is 5.26 Å². The third kappa shape index (κ3) is 3.48. The minimum atomic E-state index is -0.537. The molecule has 0 bridgehead atoms. The van der Waals surface area contributed by atoms with Crippen molar-refractivity contribution in [3.8, 4) is 23.1 Å². The molecule has 0 spiro atoms. The molecule has 0 radical (unpaired) electrons. The minimum absolute atomic E-state index is 0.0535. The van der Waals surface area contributed by atoms with E-state index < -0.39 is 6.04 Å². The summed E-state index contributed by atoms with van der Waals surface area (Å²) in [5.74, 6) is -0.213. The van der Waals surface area contributed by atoms with E-state index in [2.05, 4.69) is 4.98 Å². The van der Waals surface area contributed by atoms with Crippen molar-refractivity contribution in [2.24, 2.45) is 5.73 Å². The maximum atomic E-state index is 13.1. The quantitative estimate of drug-likeness (QED) is 0.670. The highest BCUT2D eigenvalue weighted by Gasteiger charge is 2.18. The van der Waals surface area contributed by atoms with Crippen LogP contribution in [0.5, 0.6) is 5.75 Å². The summed E-state index contributed by atoms with van der Waals surface area (Å²) in [5.41, 5.74) is 14.8. The van der Waals surface area contributed by atoms with Crippen molar-refractivity contribution in [2.75, 3.05) is 5.73 Å². The highest BCUT2D eigenvalue weighted by molar-refractivity contribution is 5.71. The summed E-state index contributed by atoms with van der Waals surface area (Å²) in [7, 11) is 0. The Kier molecular flexibility index (Phi) is 4.83. The predicted molar refractivity (Wildman–Crippen MR) is 97.5 cm³/mol. The van der Waals surface area contributed by atoms with Gasteiger partial charge in [0, 0.05) is 11.6 Å². The summed E-state index contributed by atoms with van der Waals surface area (Å²) >= 11 is 0. The zero-order chi connectivity index (χ0) is 18.7. The lowest BCUT2D eigenvalue weighted by Crippen LogP contribution is -2.16. The lowest BCUT2D eigenvalue weighted by molar-refractivity contribution is 0.477. The number of nitrogens with zero attached hydrogens (tertiary/aromatic N) is 2. The number of aromatic hydroxyl groups is 1. The van der Waals surface area contributed by atoms with Gasteiger partial charge in [-0.3, -0.25) is 0 Å². The molecule has 3 rings (SSSR count). The topological polar surface area (TPSA) is 109 Å². The Labute approximate surface area is 150 Å². The van der Waals surface area contributed by atoms with Crippen LogP contribution in [-0.2, 0) is 6.42 Å². The van der Waals surface area contributed by atoms with Crippen LogP contribution in [0.3, 0.4) is 0 Å². The number of benzene rings is 2. The molecule has 0 aliphatic carbocycles. The van der Waals surface area contributed by atoms with E-state index in [0.717, 1.165) is 5.56 Å². The van der Waals surface area contributed by atoms with Crippen molar-refractivity contribution in [3.05, 3.63) is 77.1 Å². The van der Waals surface area contributed by atoms with Gasteiger partial charge in [-0.25, -0.2) is 9.37 Å². The summed E-state index contributed by atoms with van der Waals surface area (Å²) in [6.07, 6.45) is 0.401. The van der Waals surface area contributed by atoms with Crippen LogP contribution < -0.4 is 11.5 Å². The molecule has 0 aliphatic rings. The number of para-hydroxylation sites is 1. The second kappa shape index (κ2) is 7.21. The fraction of sp³-hybridized carbons (Fsp3) is 0.100. The number of aromatic nitrogens is 1. The first-order valence-corrected chi connectivity index (χ1v) is 7.98. The molecule has 3 aromatic rings. The summed E-state index contributed by atoms with van der Waals surface area (Å²) in [6.45, 7) is 0. The number of rotatable bonds is 4. The van der Waals surface area contributed by atoms with Crippen LogP contribution in [0.2, 0.25) is 0 Å². The monoisotopic (exact) mass is 348 g/mol. The molecule has 0 aliphatic heterocycles. The zero-order valence-corrected chi connectivity index (χ0v) is 13.9. The number of anilines is 1. The van der Waals surface area contributed by atoms with Gasteiger partial charge in [0.2, 0.25) is 0 Å². The van der Waals surface area contributed by atoms with Crippen molar-refractivity contribution in [2.45, 2.75) is 12.5 Å². The third-order valence-electron chi connectivity index (χ3n) is 4.14. The van der Waals surface area contributed by atoms with Gasteiger partial charge in [-0.1, -0.05) is 24.3 Å². The van der Waals surface area contributed by atoms with Crippen LogP contribution in [-0.4, -0.2) is 10.1 Å². The van der Waals surface area contributed by atoms with Gasteiger partial charge in [0.25, 0.3) is 0 Å². The number of nitriles is 1. The van der Waals surface area contributed by atoms with E-state index in [1.807, 2.05) is 6.07 Å². The Hall–Kier alpha value is -3.43. The van der Waals surface area contributed by atoms with Gasteiger partial charge in [-0.15, -0.1) is 0 Å². The van der Waals surface area contributed by atoms with Gasteiger partial charge in [0.1, 0.15) is 23.5 Å². The Morgan fingerprint density at radius 1 is 1.15 bits per heavy atom. The molecule has 0 fully saturated rings.